The van der Waals surface area contributed by atoms with E-state index in [0.29, 0.717) is 0 Å². The normalized spacial score (nSPS) is 11.2. The predicted molar refractivity (Wildman–Crippen MR) is 47.3 cm³/mol. The van der Waals surface area contributed by atoms with E-state index in [0.717, 1.165) is 12.3 Å². The predicted octanol–water partition coefficient (Wildman–Crippen LogP) is 1.24. The van der Waals surface area contributed by atoms with Crippen LogP contribution in [0.1, 0.15) is 15.9 Å². The number of amides is 1. The van der Waals surface area contributed by atoms with E-state index in [1.165, 1.54) is 7.05 Å². The molecule has 1 aromatic rings. The zero-order valence-corrected chi connectivity index (χ0v) is 7.72. The maximum Gasteiger partial charge on any atom is 0.417 e. The van der Waals surface area contributed by atoms with Crippen LogP contribution in [0.15, 0.2) is 12.3 Å². The molecule has 4 nitrogen and oxygen atoms in total. The molecule has 0 saturated heterocycles. The quantitative estimate of drug-likeness (QED) is 0.786. The third-order valence-electron chi connectivity index (χ3n) is 1.73. The third-order valence-corrected chi connectivity index (χ3v) is 1.73. The number of carbonyl (C=O) groups is 1. The fraction of sp³-hybridized carbons (Fsp3) is 0.250. The van der Waals surface area contributed by atoms with Crippen molar-refractivity contribution in [1.82, 2.24) is 4.98 Å². The van der Waals surface area contributed by atoms with Crippen molar-refractivity contribution in [3.8, 4) is 0 Å². The van der Waals surface area contributed by atoms with Crippen molar-refractivity contribution in [2.45, 2.75) is 6.18 Å². The number of halogens is 3. The van der Waals surface area contributed by atoms with E-state index in [4.69, 9.17) is 5.73 Å². The van der Waals surface area contributed by atoms with Crippen LogP contribution < -0.4 is 11.1 Å². The molecular formula is C8H8F3N3O. The molecule has 0 aliphatic carbocycles. The van der Waals surface area contributed by atoms with Crippen molar-refractivity contribution in [3.05, 3.63) is 23.4 Å². The number of primary amides is 1. The number of hydrogen-bond acceptors (Lipinski definition) is 3. The van der Waals surface area contributed by atoms with Crippen molar-refractivity contribution >= 4 is 11.7 Å². The number of nitrogens with two attached hydrogens (primary N) is 1. The fourth-order valence-electron chi connectivity index (χ4n) is 1.02. The maximum absolute atomic E-state index is 12.5. The van der Waals surface area contributed by atoms with Crippen LogP contribution in [0, 0.1) is 0 Å². The Morgan fingerprint density at radius 2 is 2.13 bits per heavy atom. The summed E-state index contributed by atoms with van der Waals surface area (Å²) in [5, 5.41) is 2.44. The molecule has 0 aromatic carbocycles. The minimum absolute atomic E-state index is 0.0207. The molecule has 1 aromatic heterocycles. The van der Waals surface area contributed by atoms with Gasteiger partial charge in [0, 0.05) is 13.2 Å². The molecule has 0 fully saturated rings. The Hall–Kier alpha value is -1.79. The van der Waals surface area contributed by atoms with Gasteiger partial charge in [0.25, 0.3) is 5.91 Å². The van der Waals surface area contributed by atoms with Crippen LogP contribution in [0.2, 0.25) is 0 Å². The molecule has 1 amide bonds. The van der Waals surface area contributed by atoms with Crippen molar-refractivity contribution < 1.29 is 18.0 Å². The van der Waals surface area contributed by atoms with E-state index >= 15 is 0 Å². The summed E-state index contributed by atoms with van der Waals surface area (Å²) in [6, 6.07) is 0.736. The molecule has 0 saturated carbocycles. The summed E-state index contributed by atoms with van der Waals surface area (Å²) in [5.74, 6) is -1.13. The van der Waals surface area contributed by atoms with E-state index in [1.54, 1.807) is 0 Å². The van der Waals surface area contributed by atoms with Crippen LogP contribution in [-0.2, 0) is 6.18 Å². The second-order valence-corrected chi connectivity index (χ2v) is 2.73. The molecule has 0 aliphatic rings. The maximum atomic E-state index is 12.5. The van der Waals surface area contributed by atoms with Gasteiger partial charge in [0.05, 0.1) is 11.1 Å². The van der Waals surface area contributed by atoms with Gasteiger partial charge in [-0.1, -0.05) is 0 Å². The van der Waals surface area contributed by atoms with Gasteiger partial charge in [-0.15, -0.1) is 0 Å². The molecule has 1 heterocycles. The lowest BCUT2D eigenvalue weighted by Crippen LogP contribution is -2.19. The van der Waals surface area contributed by atoms with E-state index in [9.17, 15) is 18.0 Å². The van der Waals surface area contributed by atoms with Crippen LogP contribution in [0.5, 0.6) is 0 Å². The molecule has 82 valence electrons. The largest absolute Gasteiger partial charge is 0.417 e. The number of anilines is 1. The standard InChI is InChI=1S/C8H8F3N3O/c1-13-6-2-5(8(9,10)11)4(3-14-6)7(12)15/h2-3H,1H3,(H2,12,15)(H,13,14). The molecule has 0 unspecified atom stereocenters. The SMILES string of the molecule is CNc1cc(C(F)(F)F)c(C(N)=O)cn1. The number of nitrogens with zero attached hydrogens (tertiary/aromatic N) is 1. The molecule has 0 aliphatic heterocycles. The Labute approximate surface area is 83.3 Å². The average Bonchev–Trinajstić information content (AvgIpc) is 2.15. The second kappa shape index (κ2) is 3.76. The van der Waals surface area contributed by atoms with Gasteiger partial charge in [-0.2, -0.15) is 13.2 Å². The number of nitrogens with one attached hydrogen (secondary N) is 1. The highest BCUT2D eigenvalue weighted by atomic mass is 19.4. The Bertz CT molecular complexity index is 389. The van der Waals surface area contributed by atoms with Gasteiger partial charge < -0.3 is 11.1 Å². The minimum atomic E-state index is -4.63. The number of hydrogen-bond donors (Lipinski definition) is 2. The zero-order valence-electron chi connectivity index (χ0n) is 7.72. The lowest BCUT2D eigenvalue weighted by atomic mass is 10.1. The Morgan fingerprint density at radius 1 is 1.53 bits per heavy atom. The summed E-state index contributed by atoms with van der Waals surface area (Å²) in [6.07, 6.45) is -3.82. The molecule has 3 N–H and O–H groups in total. The fourth-order valence-corrected chi connectivity index (χ4v) is 1.02. The van der Waals surface area contributed by atoms with Crippen LogP contribution in [0.3, 0.4) is 0 Å². The molecule has 0 atom stereocenters. The Balaban J connectivity index is 3.36. The minimum Gasteiger partial charge on any atom is -0.373 e. The Kier molecular flexibility index (Phi) is 2.83. The van der Waals surface area contributed by atoms with Gasteiger partial charge in [0.2, 0.25) is 0 Å². The topological polar surface area (TPSA) is 68.0 Å². The summed E-state index contributed by atoms with van der Waals surface area (Å²) in [4.78, 5) is 14.3. The van der Waals surface area contributed by atoms with E-state index in [-0.39, 0.29) is 5.82 Å². The van der Waals surface area contributed by atoms with Gasteiger partial charge in [-0.3, -0.25) is 4.79 Å². The average molecular weight is 219 g/mol. The van der Waals surface area contributed by atoms with Crippen LogP contribution in [-0.4, -0.2) is 17.9 Å². The van der Waals surface area contributed by atoms with Crippen LogP contribution >= 0.6 is 0 Å². The number of carbonyl (C=O) groups excluding carboxylic acids is 1. The highest BCUT2D eigenvalue weighted by Gasteiger charge is 2.35. The lowest BCUT2D eigenvalue weighted by molar-refractivity contribution is -0.137. The van der Waals surface area contributed by atoms with Gasteiger partial charge >= 0.3 is 6.18 Å². The first kappa shape index (κ1) is 11.3. The first-order valence-corrected chi connectivity index (χ1v) is 3.91. The van der Waals surface area contributed by atoms with Gasteiger partial charge in [0.1, 0.15) is 5.82 Å². The highest BCUT2D eigenvalue weighted by molar-refractivity contribution is 5.94. The van der Waals surface area contributed by atoms with Crippen molar-refractivity contribution in [2.75, 3.05) is 12.4 Å². The van der Waals surface area contributed by atoms with Crippen LogP contribution in [0.25, 0.3) is 0 Å². The summed E-state index contributed by atoms with van der Waals surface area (Å²) < 4.78 is 37.4. The number of pyridine rings is 1. The molecule has 0 radical (unpaired) electrons. The molecule has 7 heteroatoms. The summed E-state index contributed by atoms with van der Waals surface area (Å²) >= 11 is 0. The molecule has 0 spiro atoms. The summed E-state index contributed by atoms with van der Waals surface area (Å²) in [6.45, 7) is 0. The van der Waals surface area contributed by atoms with E-state index in [2.05, 4.69) is 10.3 Å². The van der Waals surface area contributed by atoms with Crippen molar-refractivity contribution in [1.29, 1.82) is 0 Å². The van der Waals surface area contributed by atoms with Gasteiger partial charge in [0.15, 0.2) is 0 Å². The highest BCUT2D eigenvalue weighted by Crippen LogP contribution is 2.32. The van der Waals surface area contributed by atoms with Gasteiger partial charge in [-0.25, -0.2) is 4.98 Å². The molecule has 15 heavy (non-hydrogen) atoms. The van der Waals surface area contributed by atoms with Crippen molar-refractivity contribution in [3.63, 3.8) is 0 Å². The third kappa shape index (κ3) is 2.36. The first-order valence-electron chi connectivity index (χ1n) is 3.91. The van der Waals surface area contributed by atoms with E-state index in [1.807, 2.05) is 0 Å². The second-order valence-electron chi connectivity index (χ2n) is 2.73. The zero-order chi connectivity index (χ0) is 11.6. The molecule has 0 bridgehead atoms. The molecular weight excluding hydrogens is 211 g/mol. The lowest BCUT2D eigenvalue weighted by Gasteiger charge is -2.11. The summed E-state index contributed by atoms with van der Waals surface area (Å²) in [7, 11) is 1.42. The Morgan fingerprint density at radius 3 is 2.53 bits per heavy atom. The number of alkyl halides is 3. The molecule has 1 rings (SSSR count). The number of rotatable bonds is 2. The first-order chi connectivity index (χ1) is 6.86. The van der Waals surface area contributed by atoms with Gasteiger partial charge in [-0.05, 0) is 6.07 Å². The van der Waals surface area contributed by atoms with Crippen LogP contribution in [0.4, 0.5) is 19.0 Å². The summed E-state index contributed by atoms with van der Waals surface area (Å²) in [5.41, 5.74) is 3.08. The van der Waals surface area contributed by atoms with E-state index < -0.39 is 23.2 Å². The number of aromatic nitrogens is 1. The smallest absolute Gasteiger partial charge is 0.373 e. The van der Waals surface area contributed by atoms with Crippen molar-refractivity contribution in [2.24, 2.45) is 5.73 Å². The monoisotopic (exact) mass is 219 g/mol.